The van der Waals surface area contributed by atoms with Crippen LogP contribution >= 0.6 is 0 Å². The maximum Gasteiger partial charge on any atom is 0.407 e. The number of aliphatic hydroxyl groups is 1. The fraction of sp³-hybridized carbons (Fsp3) is 0.933. The molecule has 0 spiro atoms. The molecule has 0 aromatic rings. The number of rotatable bonds is 5. The zero-order chi connectivity index (χ0) is 15.4. The van der Waals surface area contributed by atoms with Gasteiger partial charge in [-0.2, -0.15) is 0 Å². The Labute approximate surface area is 122 Å². The maximum absolute atomic E-state index is 11.8. The molecule has 20 heavy (non-hydrogen) atoms. The third-order valence-corrected chi connectivity index (χ3v) is 4.07. The molecule has 0 heterocycles. The molecule has 0 bridgehead atoms. The number of ether oxygens (including phenoxy) is 1. The molecule has 5 heteroatoms. The summed E-state index contributed by atoms with van der Waals surface area (Å²) >= 11 is 0. The van der Waals surface area contributed by atoms with Crippen LogP contribution in [-0.2, 0) is 4.74 Å². The number of carbonyl (C=O) groups excluding carboxylic acids is 1. The molecule has 1 fully saturated rings. The lowest BCUT2D eigenvalue weighted by atomic mass is 9.63. The summed E-state index contributed by atoms with van der Waals surface area (Å²) in [7, 11) is 0. The highest BCUT2D eigenvalue weighted by Gasteiger charge is 2.41. The maximum atomic E-state index is 11.8. The second-order valence-electron chi connectivity index (χ2n) is 7.49. The van der Waals surface area contributed by atoms with E-state index in [1.54, 1.807) is 0 Å². The van der Waals surface area contributed by atoms with Gasteiger partial charge in [0.2, 0.25) is 0 Å². The first kappa shape index (κ1) is 17.2. The van der Waals surface area contributed by atoms with E-state index in [0.717, 1.165) is 19.3 Å². The van der Waals surface area contributed by atoms with E-state index < -0.39 is 6.09 Å². The summed E-state index contributed by atoms with van der Waals surface area (Å²) in [5.74, 6) is -0.0298. The number of nitrogens with two attached hydrogens (primary N) is 1. The minimum atomic E-state index is -0.396. The molecule has 4 N–H and O–H groups in total. The fourth-order valence-corrected chi connectivity index (χ4v) is 3.37. The Kier molecular flexibility index (Phi) is 5.83. The first-order valence-corrected chi connectivity index (χ1v) is 7.44. The summed E-state index contributed by atoms with van der Waals surface area (Å²) in [6.45, 7) is 9.35. The number of alkyl carbamates (subject to hydrolysis) is 1. The summed E-state index contributed by atoms with van der Waals surface area (Å²) in [5, 5.41) is 11.9. The molecule has 1 rings (SSSR count). The first-order chi connectivity index (χ1) is 9.19. The lowest BCUT2D eigenvalue weighted by Gasteiger charge is -2.46. The zero-order valence-electron chi connectivity index (χ0n) is 13.2. The molecule has 3 unspecified atom stereocenters. The molecule has 1 saturated carbocycles. The fourth-order valence-electron chi connectivity index (χ4n) is 3.37. The molecular weight excluding hydrogens is 256 g/mol. The van der Waals surface area contributed by atoms with Gasteiger partial charge >= 0.3 is 6.09 Å². The van der Waals surface area contributed by atoms with Crippen molar-refractivity contribution in [2.24, 2.45) is 22.5 Å². The van der Waals surface area contributed by atoms with E-state index in [0.29, 0.717) is 6.54 Å². The van der Waals surface area contributed by atoms with Crippen LogP contribution < -0.4 is 11.1 Å². The number of hydrogen-bond acceptors (Lipinski definition) is 4. The number of amides is 1. The first-order valence-electron chi connectivity index (χ1n) is 7.44. The largest absolute Gasteiger partial charge is 0.449 e. The van der Waals surface area contributed by atoms with Crippen molar-refractivity contribution >= 4 is 6.09 Å². The van der Waals surface area contributed by atoms with Gasteiger partial charge < -0.3 is 20.9 Å². The van der Waals surface area contributed by atoms with Gasteiger partial charge in [0, 0.05) is 18.6 Å². The third kappa shape index (κ3) is 5.29. The molecule has 118 valence electrons. The van der Waals surface area contributed by atoms with Crippen LogP contribution in [-0.4, -0.2) is 37.0 Å². The van der Waals surface area contributed by atoms with Gasteiger partial charge in [-0.05, 0) is 36.6 Å². The zero-order valence-corrected chi connectivity index (χ0v) is 13.2. The molecule has 3 atom stereocenters. The van der Waals surface area contributed by atoms with Crippen LogP contribution in [0.5, 0.6) is 0 Å². The number of aliphatic hydroxyl groups excluding tert-OH is 1. The van der Waals surface area contributed by atoms with Crippen LogP contribution in [0, 0.1) is 16.7 Å². The highest BCUT2D eigenvalue weighted by molar-refractivity contribution is 5.67. The average molecular weight is 286 g/mol. The minimum absolute atomic E-state index is 0.0228. The topological polar surface area (TPSA) is 84.6 Å². The van der Waals surface area contributed by atoms with E-state index in [-0.39, 0.29) is 36.0 Å². The van der Waals surface area contributed by atoms with Crippen LogP contribution in [0.3, 0.4) is 0 Å². The Morgan fingerprint density at radius 3 is 2.65 bits per heavy atom. The second kappa shape index (κ2) is 6.76. The van der Waals surface area contributed by atoms with Crippen molar-refractivity contribution in [1.82, 2.24) is 5.32 Å². The summed E-state index contributed by atoms with van der Waals surface area (Å²) in [6.07, 6.45) is 2.50. The highest BCUT2D eigenvalue weighted by atomic mass is 16.5. The van der Waals surface area contributed by atoms with E-state index in [9.17, 15) is 4.79 Å². The highest BCUT2D eigenvalue weighted by Crippen LogP contribution is 2.45. The molecule has 5 nitrogen and oxygen atoms in total. The quantitative estimate of drug-likeness (QED) is 0.720. The second-order valence-corrected chi connectivity index (χ2v) is 7.49. The van der Waals surface area contributed by atoms with E-state index in [1.807, 2.05) is 6.92 Å². The number of nitrogens with one attached hydrogen (secondary N) is 1. The monoisotopic (exact) mass is 286 g/mol. The Morgan fingerprint density at radius 2 is 2.10 bits per heavy atom. The predicted molar refractivity (Wildman–Crippen MR) is 79.3 cm³/mol. The van der Waals surface area contributed by atoms with E-state index >= 15 is 0 Å². The average Bonchev–Trinajstić information content (AvgIpc) is 2.33. The Hall–Kier alpha value is -0.810. The van der Waals surface area contributed by atoms with Gasteiger partial charge in [-0.25, -0.2) is 4.79 Å². The number of carbonyl (C=O) groups is 1. The van der Waals surface area contributed by atoms with Crippen LogP contribution in [0.2, 0.25) is 0 Å². The van der Waals surface area contributed by atoms with Gasteiger partial charge in [0.1, 0.15) is 0 Å². The molecule has 0 aliphatic heterocycles. The third-order valence-electron chi connectivity index (χ3n) is 4.07. The van der Waals surface area contributed by atoms with Gasteiger partial charge in [-0.15, -0.1) is 0 Å². The van der Waals surface area contributed by atoms with Crippen molar-refractivity contribution in [2.75, 3.05) is 19.8 Å². The molecule has 1 amide bonds. The molecule has 1 aliphatic rings. The molecule has 1 aliphatic carbocycles. The van der Waals surface area contributed by atoms with Crippen LogP contribution in [0.15, 0.2) is 0 Å². The summed E-state index contributed by atoms with van der Waals surface area (Å²) in [4.78, 5) is 11.8. The van der Waals surface area contributed by atoms with Crippen molar-refractivity contribution in [3.63, 3.8) is 0 Å². The van der Waals surface area contributed by atoms with Crippen molar-refractivity contribution in [2.45, 2.75) is 53.0 Å². The van der Waals surface area contributed by atoms with Crippen molar-refractivity contribution < 1.29 is 14.6 Å². The summed E-state index contributed by atoms with van der Waals surface area (Å²) in [6, 6.07) is 0.101. The van der Waals surface area contributed by atoms with Gasteiger partial charge in [-0.1, -0.05) is 27.7 Å². The lowest BCUT2D eigenvalue weighted by Crippen LogP contribution is -2.49. The Balaban J connectivity index is 2.52. The van der Waals surface area contributed by atoms with Crippen LogP contribution in [0.25, 0.3) is 0 Å². The van der Waals surface area contributed by atoms with Crippen LogP contribution in [0.4, 0.5) is 4.79 Å². The molecule has 0 aromatic carbocycles. The van der Waals surface area contributed by atoms with Crippen molar-refractivity contribution in [1.29, 1.82) is 0 Å². The van der Waals surface area contributed by atoms with Gasteiger partial charge in [0.15, 0.2) is 0 Å². The standard InChI is InChI=1S/C15H30N2O3/c1-11(7-18)8-20-13(19)17-12-5-14(2,3)9-15(4,6-12)10-16/h11-12,18H,5-10,16H2,1-4H3,(H,17,19). The normalized spacial score (nSPS) is 30.6. The molecular formula is C15H30N2O3. The molecule has 0 radical (unpaired) electrons. The minimum Gasteiger partial charge on any atom is -0.449 e. The van der Waals surface area contributed by atoms with E-state index in [1.165, 1.54) is 0 Å². The number of hydrogen-bond donors (Lipinski definition) is 3. The Morgan fingerprint density at radius 1 is 1.45 bits per heavy atom. The summed E-state index contributed by atoms with van der Waals surface area (Å²) < 4.78 is 5.13. The van der Waals surface area contributed by atoms with Crippen molar-refractivity contribution in [3.05, 3.63) is 0 Å². The molecule has 0 saturated heterocycles. The lowest BCUT2D eigenvalue weighted by molar-refractivity contribution is 0.0658. The van der Waals surface area contributed by atoms with Crippen LogP contribution in [0.1, 0.15) is 47.0 Å². The van der Waals surface area contributed by atoms with E-state index in [2.05, 4.69) is 26.1 Å². The van der Waals surface area contributed by atoms with Gasteiger partial charge in [-0.3, -0.25) is 0 Å². The predicted octanol–water partition coefficient (Wildman–Crippen LogP) is 1.88. The molecule has 0 aromatic heterocycles. The van der Waals surface area contributed by atoms with E-state index in [4.69, 9.17) is 15.6 Å². The van der Waals surface area contributed by atoms with Gasteiger partial charge in [0.05, 0.1) is 6.61 Å². The van der Waals surface area contributed by atoms with Crippen molar-refractivity contribution in [3.8, 4) is 0 Å². The SMILES string of the molecule is CC(CO)COC(=O)NC1CC(C)(C)CC(C)(CN)C1. The smallest absolute Gasteiger partial charge is 0.407 e. The van der Waals surface area contributed by atoms with Gasteiger partial charge in [0.25, 0.3) is 0 Å². The summed E-state index contributed by atoms with van der Waals surface area (Å²) in [5.41, 5.74) is 6.13. The Bertz CT molecular complexity index is 333.